The van der Waals surface area contributed by atoms with E-state index >= 15 is 0 Å². The van der Waals surface area contributed by atoms with E-state index in [0.717, 1.165) is 17.8 Å². The molecule has 2 aromatic rings. The second-order valence-electron chi connectivity index (χ2n) is 6.01. The first kappa shape index (κ1) is 17.8. The second kappa shape index (κ2) is 7.11. The maximum absolute atomic E-state index is 12.0. The number of nitrogens with one attached hydrogen (secondary N) is 2. The highest BCUT2D eigenvalue weighted by atomic mass is 32.2. The van der Waals surface area contributed by atoms with Crippen LogP contribution in [0.3, 0.4) is 0 Å². The van der Waals surface area contributed by atoms with Gasteiger partial charge in [-0.15, -0.1) is 0 Å². The first-order valence-corrected chi connectivity index (χ1v) is 10.1. The van der Waals surface area contributed by atoms with E-state index in [4.69, 9.17) is 12.2 Å². The van der Waals surface area contributed by atoms with Crippen molar-refractivity contribution in [2.45, 2.75) is 31.2 Å². The Kier molecular flexibility index (Phi) is 5.08. The second-order valence-corrected chi connectivity index (χ2v) is 8.16. The molecule has 0 bridgehead atoms. The molecule has 2 aromatic carbocycles. The highest BCUT2D eigenvalue weighted by molar-refractivity contribution is 7.89. The van der Waals surface area contributed by atoms with Crippen molar-refractivity contribution < 1.29 is 8.42 Å². The molecular formula is C18H21N3O2S2. The number of fused-ring (bicyclic) bond motifs is 1. The smallest absolute Gasteiger partial charge is 0.240 e. The molecule has 25 heavy (non-hydrogen) atoms. The lowest BCUT2D eigenvalue weighted by molar-refractivity contribution is 0.584. The van der Waals surface area contributed by atoms with Crippen molar-refractivity contribution in [3.63, 3.8) is 0 Å². The van der Waals surface area contributed by atoms with Crippen LogP contribution in [0.25, 0.3) is 0 Å². The molecule has 0 amide bonds. The van der Waals surface area contributed by atoms with Gasteiger partial charge in [0.15, 0.2) is 5.11 Å². The summed E-state index contributed by atoms with van der Waals surface area (Å²) in [5.74, 6) is 0. The van der Waals surface area contributed by atoms with Crippen molar-refractivity contribution in [3.05, 3.63) is 54.1 Å². The lowest BCUT2D eigenvalue weighted by Crippen LogP contribution is -2.38. The maximum atomic E-state index is 12.0. The van der Waals surface area contributed by atoms with Gasteiger partial charge in [0.25, 0.3) is 0 Å². The molecule has 0 saturated carbocycles. The first-order valence-electron chi connectivity index (χ1n) is 8.20. The van der Waals surface area contributed by atoms with Crippen molar-refractivity contribution >= 4 is 38.7 Å². The molecule has 2 N–H and O–H groups in total. The highest BCUT2D eigenvalue weighted by Gasteiger charge is 2.28. The summed E-state index contributed by atoms with van der Waals surface area (Å²) in [5, 5.41) is 3.82. The van der Waals surface area contributed by atoms with Crippen LogP contribution in [0.1, 0.15) is 19.4 Å². The average molecular weight is 376 g/mol. The van der Waals surface area contributed by atoms with Crippen LogP contribution in [-0.4, -0.2) is 26.1 Å². The van der Waals surface area contributed by atoms with Crippen molar-refractivity contribution in [1.29, 1.82) is 0 Å². The van der Waals surface area contributed by atoms with Crippen LogP contribution in [0, 0.1) is 0 Å². The Morgan fingerprint density at radius 3 is 2.56 bits per heavy atom. The average Bonchev–Trinajstić information content (AvgIpc) is 2.91. The topological polar surface area (TPSA) is 61.4 Å². The van der Waals surface area contributed by atoms with Crippen LogP contribution in [0.15, 0.2) is 53.4 Å². The van der Waals surface area contributed by atoms with Gasteiger partial charge >= 0.3 is 0 Å². The fourth-order valence-electron chi connectivity index (χ4n) is 3.05. The third-order valence-electron chi connectivity index (χ3n) is 4.18. The van der Waals surface area contributed by atoms with Gasteiger partial charge in [0, 0.05) is 24.0 Å². The number of hydrogen-bond acceptors (Lipinski definition) is 3. The summed E-state index contributed by atoms with van der Waals surface area (Å²) in [6, 6.07) is 15.1. The van der Waals surface area contributed by atoms with Gasteiger partial charge in [-0.3, -0.25) is 0 Å². The fourth-order valence-corrected chi connectivity index (χ4v) is 4.49. The maximum Gasteiger partial charge on any atom is 0.240 e. The van der Waals surface area contributed by atoms with E-state index in [0.29, 0.717) is 11.7 Å². The van der Waals surface area contributed by atoms with Crippen molar-refractivity contribution in [3.8, 4) is 0 Å². The summed E-state index contributed by atoms with van der Waals surface area (Å²) in [6.07, 6.45) is 0.956. The minimum atomic E-state index is -3.44. The molecule has 0 fully saturated rings. The Hall–Kier alpha value is -1.96. The molecule has 5 nitrogen and oxygen atoms in total. The molecule has 1 heterocycles. The summed E-state index contributed by atoms with van der Waals surface area (Å²) in [5.41, 5.74) is 3.17. The standard InChI is InChI=1S/C18H21N3O2S2/c1-3-19-25(22,23)16-10-8-15(9-11-16)20-18(24)21-13(2)12-14-6-4-5-7-17(14)21/h4-11,13,19H,3,12H2,1-2H3,(H,20,24). The number of sulfonamides is 1. The predicted molar refractivity (Wildman–Crippen MR) is 106 cm³/mol. The molecule has 0 radical (unpaired) electrons. The van der Waals surface area contributed by atoms with E-state index in [1.165, 1.54) is 5.56 Å². The monoisotopic (exact) mass is 375 g/mol. The molecule has 0 spiro atoms. The summed E-state index contributed by atoms with van der Waals surface area (Å²) in [6.45, 7) is 4.25. The van der Waals surface area contributed by atoms with E-state index in [1.807, 2.05) is 12.1 Å². The molecule has 132 valence electrons. The van der Waals surface area contributed by atoms with Gasteiger partial charge in [-0.1, -0.05) is 25.1 Å². The number of hydrogen-bond donors (Lipinski definition) is 2. The third kappa shape index (κ3) is 3.68. The van der Waals surface area contributed by atoms with Gasteiger partial charge in [-0.2, -0.15) is 0 Å². The zero-order valence-corrected chi connectivity index (χ0v) is 15.8. The number of rotatable bonds is 4. The first-order chi connectivity index (χ1) is 11.9. The molecule has 1 atom stereocenters. The number of nitrogens with zero attached hydrogens (tertiary/aromatic N) is 1. The minimum Gasteiger partial charge on any atom is -0.332 e. The van der Waals surface area contributed by atoms with Crippen molar-refractivity contribution in [1.82, 2.24) is 4.72 Å². The van der Waals surface area contributed by atoms with Crippen LogP contribution < -0.4 is 14.9 Å². The summed E-state index contributed by atoms with van der Waals surface area (Å²) < 4.78 is 26.5. The molecule has 0 aliphatic carbocycles. The Balaban J connectivity index is 1.76. The highest BCUT2D eigenvalue weighted by Crippen LogP contribution is 2.32. The molecule has 0 aromatic heterocycles. The van der Waals surface area contributed by atoms with Crippen molar-refractivity contribution in [2.24, 2.45) is 0 Å². The quantitative estimate of drug-likeness (QED) is 0.804. The van der Waals surface area contributed by atoms with Crippen LogP contribution in [0.2, 0.25) is 0 Å². The molecule has 0 saturated heterocycles. The largest absolute Gasteiger partial charge is 0.332 e. The van der Waals surface area contributed by atoms with Gasteiger partial charge in [0.1, 0.15) is 0 Å². The number of benzene rings is 2. The van der Waals surface area contributed by atoms with E-state index in [1.54, 1.807) is 31.2 Å². The van der Waals surface area contributed by atoms with Gasteiger partial charge in [0.2, 0.25) is 10.0 Å². The molecular weight excluding hydrogens is 354 g/mol. The Morgan fingerprint density at radius 1 is 1.20 bits per heavy atom. The number of anilines is 2. The zero-order chi connectivity index (χ0) is 18.0. The van der Waals surface area contributed by atoms with E-state index in [2.05, 4.69) is 34.0 Å². The Labute approximate surface area is 154 Å². The van der Waals surface area contributed by atoms with Gasteiger partial charge in [0.05, 0.1) is 4.90 Å². The third-order valence-corrected chi connectivity index (χ3v) is 6.04. The van der Waals surface area contributed by atoms with Crippen LogP contribution in [0.5, 0.6) is 0 Å². The molecule has 1 unspecified atom stereocenters. The van der Waals surface area contributed by atoms with Gasteiger partial charge in [-0.05, 0) is 61.5 Å². The normalized spacial score (nSPS) is 16.6. The lowest BCUT2D eigenvalue weighted by atomic mass is 10.1. The van der Waals surface area contributed by atoms with Crippen LogP contribution >= 0.6 is 12.2 Å². The summed E-state index contributed by atoms with van der Waals surface area (Å²) in [4.78, 5) is 2.35. The fraction of sp³-hybridized carbons (Fsp3) is 0.278. The van der Waals surface area contributed by atoms with E-state index in [-0.39, 0.29) is 10.9 Å². The van der Waals surface area contributed by atoms with Gasteiger partial charge in [-0.25, -0.2) is 13.1 Å². The lowest BCUT2D eigenvalue weighted by Gasteiger charge is -2.26. The minimum absolute atomic E-state index is 0.241. The number of para-hydroxylation sites is 1. The molecule has 3 rings (SSSR count). The van der Waals surface area contributed by atoms with E-state index in [9.17, 15) is 8.42 Å². The Morgan fingerprint density at radius 2 is 1.88 bits per heavy atom. The van der Waals surface area contributed by atoms with Crippen LogP contribution in [-0.2, 0) is 16.4 Å². The van der Waals surface area contributed by atoms with Crippen LogP contribution in [0.4, 0.5) is 11.4 Å². The molecule has 1 aliphatic heterocycles. The van der Waals surface area contributed by atoms with E-state index < -0.39 is 10.0 Å². The predicted octanol–water partition coefficient (Wildman–Crippen LogP) is 3.13. The van der Waals surface area contributed by atoms with Crippen molar-refractivity contribution in [2.75, 3.05) is 16.8 Å². The Bertz CT molecular complexity index is 879. The zero-order valence-electron chi connectivity index (χ0n) is 14.2. The summed E-state index contributed by atoms with van der Waals surface area (Å²) in [7, 11) is -3.44. The number of thiocarbonyl (C=S) groups is 1. The van der Waals surface area contributed by atoms with Gasteiger partial charge < -0.3 is 10.2 Å². The summed E-state index contributed by atoms with van der Waals surface area (Å²) >= 11 is 5.58. The molecule has 1 aliphatic rings. The SMILES string of the molecule is CCNS(=O)(=O)c1ccc(NC(=S)N2c3ccccc3CC2C)cc1. The molecule has 7 heteroatoms.